The molecule has 0 aliphatic heterocycles. The molecule has 0 bridgehead atoms. The average molecular weight is 396 g/mol. The van der Waals surface area contributed by atoms with E-state index >= 15 is 0 Å². The fourth-order valence-electron chi connectivity index (χ4n) is 2.67. The highest BCUT2D eigenvalue weighted by Gasteiger charge is 2.21. The minimum atomic E-state index is -0.313. The summed E-state index contributed by atoms with van der Waals surface area (Å²) < 4.78 is 5.31. The molecule has 3 aromatic heterocycles. The Balaban J connectivity index is 1.59. The van der Waals surface area contributed by atoms with Crippen LogP contribution < -0.4 is 5.32 Å². The number of carbonyl (C=O) groups is 1. The molecular formula is C20H14ClN3O2S. The number of amides is 1. The first-order valence-corrected chi connectivity index (χ1v) is 9.43. The van der Waals surface area contributed by atoms with Crippen LogP contribution in [0.5, 0.6) is 0 Å². The number of aromatic nitrogens is 2. The Kier molecular flexibility index (Phi) is 5.00. The molecule has 1 aromatic carbocycles. The molecule has 0 saturated carbocycles. The van der Waals surface area contributed by atoms with E-state index in [2.05, 4.69) is 15.5 Å². The summed E-state index contributed by atoms with van der Waals surface area (Å²) in [5.74, 6) is 0.203. The number of carbonyl (C=O) groups excluding carboxylic acids is 1. The van der Waals surface area contributed by atoms with Gasteiger partial charge in [-0.15, -0.1) is 11.3 Å². The van der Waals surface area contributed by atoms with Crippen LogP contribution in [-0.2, 0) is 0 Å². The third-order valence-electron chi connectivity index (χ3n) is 4.01. The van der Waals surface area contributed by atoms with E-state index in [1.54, 1.807) is 54.1 Å². The van der Waals surface area contributed by atoms with E-state index in [4.69, 9.17) is 16.1 Å². The van der Waals surface area contributed by atoms with Crippen molar-refractivity contribution in [3.63, 3.8) is 0 Å². The smallest absolute Gasteiger partial charge is 0.274 e. The molecule has 3 heterocycles. The molecule has 0 aliphatic carbocycles. The van der Waals surface area contributed by atoms with Crippen LogP contribution in [0, 0.1) is 0 Å². The number of hydrogen-bond donors (Lipinski definition) is 1. The number of nitrogens with one attached hydrogen (secondary N) is 1. The van der Waals surface area contributed by atoms with Crippen LogP contribution in [0.4, 0.5) is 0 Å². The standard InChI is InChI=1S/C20H14ClN3O2S/c21-15-5-3-14(4-6-15)19(18-2-1-11-27-18)23-20(25)16-12-17(26-24-16)13-7-9-22-10-8-13/h1-12,19H,(H,23,25). The molecule has 1 atom stereocenters. The zero-order valence-electron chi connectivity index (χ0n) is 14.0. The number of benzene rings is 1. The second-order valence-electron chi connectivity index (χ2n) is 5.79. The molecule has 0 radical (unpaired) electrons. The Bertz CT molecular complexity index is 1030. The van der Waals surface area contributed by atoms with Gasteiger partial charge in [0, 0.05) is 33.9 Å². The van der Waals surface area contributed by atoms with Gasteiger partial charge in [-0.2, -0.15) is 0 Å². The van der Waals surface area contributed by atoms with Crippen LogP contribution in [0.3, 0.4) is 0 Å². The van der Waals surface area contributed by atoms with Crippen LogP contribution in [0.25, 0.3) is 11.3 Å². The number of nitrogens with zero attached hydrogens (tertiary/aromatic N) is 2. The molecule has 5 nitrogen and oxygen atoms in total. The summed E-state index contributed by atoms with van der Waals surface area (Å²) in [5, 5.41) is 9.56. The maximum absolute atomic E-state index is 12.8. The summed E-state index contributed by atoms with van der Waals surface area (Å²) in [6, 6.07) is 16.3. The van der Waals surface area contributed by atoms with Gasteiger partial charge in [0.15, 0.2) is 11.5 Å². The van der Waals surface area contributed by atoms with Gasteiger partial charge in [0.05, 0.1) is 6.04 Å². The van der Waals surface area contributed by atoms with Gasteiger partial charge in [0.2, 0.25) is 0 Å². The van der Waals surface area contributed by atoms with Gasteiger partial charge in [0.1, 0.15) is 0 Å². The quantitative estimate of drug-likeness (QED) is 0.518. The van der Waals surface area contributed by atoms with E-state index in [-0.39, 0.29) is 17.6 Å². The Morgan fingerprint density at radius 3 is 2.59 bits per heavy atom. The van der Waals surface area contributed by atoms with Gasteiger partial charge in [-0.1, -0.05) is 35.0 Å². The van der Waals surface area contributed by atoms with Crippen molar-refractivity contribution in [2.45, 2.75) is 6.04 Å². The van der Waals surface area contributed by atoms with E-state index in [0.717, 1.165) is 16.0 Å². The number of thiophene rings is 1. The van der Waals surface area contributed by atoms with Crippen molar-refractivity contribution in [3.8, 4) is 11.3 Å². The van der Waals surface area contributed by atoms with Crippen LogP contribution in [-0.4, -0.2) is 16.0 Å². The summed E-state index contributed by atoms with van der Waals surface area (Å²) in [5.41, 5.74) is 1.97. The molecule has 0 saturated heterocycles. The van der Waals surface area contributed by atoms with Crippen LogP contribution in [0.2, 0.25) is 5.02 Å². The third kappa shape index (κ3) is 3.92. The SMILES string of the molecule is O=C(NC(c1ccc(Cl)cc1)c1cccs1)c1cc(-c2ccncc2)on1. The molecular weight excluding hydrogens is 382 g/mol. The molecule has 1 unspecified atom stereocenters. The Morgan fingerprint density at radius 2 is 1.89 bits per heavy atom. The van der Waals surface area contributed by atoms with E-state index in [0.29, 0.717) is 10.8 Å². The molecule has 4 rings (SSSR count). The lowest BCUT2D eigenvalue weighted by Gasteiger charge is -2.17. The Hall–Kier alpha value is -2.96. The third-order valence-corrected chi connectivity index (χ3v) is 5.20. The fraction of sp³-hybridized carbons (Fsp3) is 0.0500. The highest BCUT2D eigenvalue weighted by atomic mass is 35.5. The van der Waals surface area contributed by atoms with Gasteiger partial charge in [0.25, 0.3) is 5.91 Å². The zero-order valence-corrected chi connectivity index (χ0v) is 15.6. The van der Waals surface area contributed by atoms with Crippen molar-refractivity contribution >= 4 is 28.8 Å². The summed E-state index contributed by atoms with van der Waals surface area (Å²) in [7, 11) is 0. The van der Waals surface area contributed by atoms with Crippen molar-refractivity contribution in [1.82, 2.24) is 15.5 Å². The monoisotopic (exact) mass is 395 g/mol. The molecule has 1 amide bonds. The highest BCUT2D eigenvalue weighted by molar-refractivity contribution is 7.10. The molecule has 4 aromatic rings. The molecule has 134 valence electrons. The van der Waals surface area contributed by atoms with Crippen LogP contribution in [0.15, 0.2) is 76.9 Å². The summed E-state index contributed by atoms with van der Waals surface area (Å²) in [4.78, 5) is 17.8. The molecule has 7 heteroatoms. The predicted molar refractivity (Wildman–Crippen MR) is 105 cm³/mol. The normalized spacial score (nSPS) is 11.9. The zero-order chi connectivity index (χ0) is 18.6. The Morgan fingerprint density at radius 1 is 1.11 bits per heavy atom. The first-order chi connectivity index (χ1) is 13.2. The topological polar surface area (TPSA) is 68.0 Å². The van der Waals surface area contributed by atoms with Crippen molar-refractivity contribution < 1.29 is 9.32 Å². The van der Waals surface area contributed by atoms with E-state index in [9.17, 15) is 4.79 Å². The van der Waals surface area contributed by atoms with Gasteiger partial charge in [-0.25, -0.2) is 0 Å². The lowest BCUT2D eigenvalue weighted by atomic mass is 10.1. The summed E-state index contributed by atoms with van der Waals surface area (Å²) >= 11 is 7.56. The molecule has 27 heavy (non-hydrogen) atoms. The molecule has 0 aliphatic rings. The molecule has 0 spiro atoms. The lowest BCUT2D eigenvalue weighted by molar-refractivity contribution is 0.0934. The first-order valence-electron chi connectivity index (χ1n) is 8.17. The fourth-order valence-corrected chi connectivity index (χ4v) is 3.60. The van der Waals surface area contributed by atoms with E-state index in [1.165, 1.54) is 0 Å². The van der Waals surface area contributed by atoms with Crippen molar-refractivity contribution in [2.24, 2.45) is 0 Å². The largest absolute Gasteiger partial charge is 0.355 e. The maximum Gasteiger partial charge on any atom is 0.274 e. The van der Waals surface area contributed by atoms with E-state index < -0.39 is 0 Å². The molecule has 0 fully saturated rings. The first kappa shape index (κ1) is 17.5. The number of halogens is 1. The van der Waals surface area contributed by atoms with Crippen molar-refractivity contribution in [1.29, 1.82) is 0 Å². The van der Waals surface area contributed by atoms with Gasteiger partial charge < -0.3 is 9.84 Å². The number of rotatable bonds is 5. The van der Waals surface area contributed by atoms with Gasteiger partial charge >= 0.3 is 0 Å². The van der Waals surface area contributed by atoms with E-state index in [1.807, 2.05) is 29.6 Å². The average Bonchev–Trinajstić information content (AvgIpc) is 3.40. The predicted octanol–water partition coefficient (Wildman–Crippen LogP) is 4.97. The summed E-state index contributed by atoms with van der Waals surface area (Å²) in [6.45, 7) is 0. The minimum absolute atomic E-state index is 0.220. The summed E-state index contributed by atoms with van der Waals surface area (Å²) in [6.07, 6.45) is 3.32. The molecule has 1 N–H and O–H groups in total. The second kappa shape index (κ2) is 7.73. The maximum atomic E-state index is 12.8. The Labute approximate surface area is 164 Å². The second-order valence-corrected chi connectivity index (χ2v) is 7.20. The van der Waals surface area contributed by atoms with Gasteiger partial charge in [-0.3, -0.25) is 9.78 Å². The lowest BCUT2D eigenvalue weighted by Crippen LogP contribution is -2.29. The van der Waals surface area contributed by atoms with Gasteiger partial charge in [-0.05, 0) is 41.3 Å². The van der Waals surface area contributed by atoms with Crippen molar-refractivity contribution in [2.75, 3.05) is 0 Å². The highest BCUT2D eigenvalue weighted by Crippen LogP contribution is 2.28. The van der Waals surface area contributed by atoms with Crippen LogP contribution >= 0.6 is 22.9 Å². The van der Waals surface area contributed by atoms with Crippen LogP contribution in [0.1, 0.15) is 27.0 Å². The minimum Gasteiger partial charge on any atom is -0.355 e. The number of pyridine rings is 1. The van der Waals surface area contributed by atoms with Crippen molar-refractivity contribution in [3.05, 3.63) is 93.5 Å². The number of hydrogen-bond acceptors (Lipinski definition) is 5.